The predicted octanol–water partition coefficient (Wildman–Crippen LogP) is 4.13. The van der Waals surface area contributed by atoms with E-state index in [1.54, 1.807) is 0 Å². The quantitative estimate of drug-likeness (QED) is 0.762. The Kier molecular flexibility index (Phi) is 5.19. The second-order valence-electron chi connectivity index (χ2n) is 4.92. The van der Waals surface area contributed by atoms with Crippen molar-refractivity contribution in [2.75, 3.05) is 11.9 Å². The molecule has 1 unspecified atom stereocenters. The van der Waals surface area contributed by atoms with E-state index in [0.29, 0.717) is 17.5 Å². The first-order valence-electron chi connectivity index (χ1n) is 5.93. The van der Waals surface area contributed by atoms with Crippen LogP contribution in [0.5, 0.6) is 0 Å². The summed E-state index contributed by atoms with van der Waals surface area (Å²) in [4.78, 5) is 12.9. The first-order chi connectivity index (χ1) is 7.95. The van der Waals surface area contributed by atoms with Gasteiger partial charge in [0.1, 0.15) is 6.29 Å². The molecule has 1 aromatic rings. The number of halogens is 1. The zero-order chi connectivity index (χ0) is 13.0. The number of hydrogen-bond donors (Lipinski definition) is 0. The van der Waals surface area contributed by atoms with Crippen molar-refractivity contribution in [1.29, 1.82) is 0 Å². The maximum atomic E-state index is 10.7. The van der Waals surface area contributed by atoms with Crippen LogP contribution < -0.4 is 4.90 Å². The summed E-state index contributed by atoms with van der Waals surface area (Å²) in [5.74, 6) is 0.681. The zero-order valence-electron chi connectivity index (χ0n) is 10.9. The fourth-order valence-electron chi connectivity index (χ4n) is 1.96. The van der Waals surface area contributed by atoms with Crippen LogP contribution in [-0.4, -0.2) is 19.4 Å². The lowest BCUT2D eigenvalue weighted by atomic mass is 10.0. The maximum Gasteiger partial charge on any atom is 0.150 e. The number of nitrogens with zero attached hydrogens (tertiary/aromatic N) is 1. The highest BCUT2D eigenvalue weighted by Crippen LogP contribution is 2.28. The lowest BCUT2D eigenvalue weighted by molar-refractivity contribution is 0.112. The van der Waals surface area contributed by atoms with Crippen molar-refractivity contribution in [3.05, 3.63) is 28.2 Å². The lowest BCUT2D eigenvalue weighted by Gasteiger charge is -2.29. The number of benzene rings is 1. The van der Waals surface area contributed by atoms with Gasteiger partial charge in [0.15, 0.2) is 0 Å². The molecule has 0 heterocycles. The molecule has 0 aliphatic heterocycles. The Morgan fingerprint density at radius 1 is 1.35 bits per heavy atom. The van der Waals surface area contributed by atoms with Gasteiger partial charge in [-0.3, -0.25) is 4.79 Å². The molecule has 0 saturated heterocycles. The van der Waals surface area contributed by atoms with Gasteiger partial charge in [-0.2, -0.15) is 0 Å². The number of carbonyl (C=O) groups excluding carboxylic acids is 1. The molecule has 0 bridgehead atoms. The van der Waals surface area contributed by atoms with Gasteiger partial charge < -0.3 is 4.90 Å². The minimum atomic E-state index is 0.480. The monoisotopic (exact) mass is 297 g/mol. The van der Waals surface area contributed by atoms with Crippen molar-refractivity contribution >= 4 is 27.9 Å². The van der Waals surface area contributed by atoms with Gasteiger partial charge in [0.2, 0.25) is 0 Å². The molecular weight excluding hydrogens is 278 g/mol. The van der Waals surface area contributed by atoms with Crippen molar-refractivity contribution in [2.24, 2.45) is 5.92 Å². The van der Waals surface area contributed by atoms with E-state index >= 15 is 0 Å². The van der Waals surface area contributed by atoms with E-state index < -0.39 is 0 Å². The van der Waals surface area contributed by atoms with E-state index in [1.165, 1.54) is 0 Å². The number of hydrogen-bond acceptors (Lipinski definition) is 2. The molecule has 0 fully saturated rings. The second kappa shape index (κ2) is 6.20. The van der Waals surface area contributed by atoms with Crippen LogP contribution in [0, 0.1) is 5.92 Å². The smallest absolute Gasteiger partial charge is 0.150 e. The Morgan fingerprint density at radius 2 is 2.00 bits per heavy atom. The highest BCUT2D eigenvalue weighted by molar-refractivity contribution is 9.10. The number of carbonyl (C=O) groups is 1. The summed E-state index contributed by atoms with van der Waals surface area (Å²) in [7, 11) is 2.09. The van der Waals surface area contributed by atoms with Crippen LogP contribution in [0.4, 0.5) is 5.69 Å². The first-order valence-corrected chi connectivity index (χ1v) is 6.72. The molecule has 0 aliphatic rings. The number of aldehydes is 1. The standard InChI is InChI=1S/C14H20BrNO/c1-10(2)7-11(3)16(4)14-6-5-12(9-17)8-13(14)15/h5-6,8-11H,7H2,1-4H3. The summed E-state index contributed by atoms with van der Waals surface area (Å²) in [5, 5.41) is 0. The second-order valence-corrected chi connectivity index (χ2v) is 5.77. The fourth-order valence-corrected chi connectivity index (χ4v) is 2.64. The Labute approximate surface area is 112 Å². The van der Waals surface area contributed by atoms with E-state index in [4.69, 9.17) is 0 Å². The molecule has 0 aromatic heterocycles. The Morgan fingerprint density at radius 3 is 2.47 bits per heavy atom. The average Bonchev–Trinajstić information content (AvgIpc) is 2.27. The minimum absolute atomic E-state index is 0.480. The zero-order valence-corrected chi connectivity index (χ0v) is 12.5. The van der Waals surface area contributed by atoms with Crippen molar-refractivity contribution in [1.82, 2.24) is 0 Å². The number of anilines is 1. The van der Waals surface area contributed by atoms with Gasteiger partial charge in [-0.05, 0) is 53.4 Å². The lowest BCUT2D eigenvalue weighted by Crippen LogP contribution is -2.30. The molecule has 17 heavy (non-hydrogen) atoms. The molecule has 0 saturated carbocycles. The molecule has 1 aromatic carbocycles. The summed E-state index contributed by atoms with van der Waals surface area (Å²) in [6, 6.07) is 6.19. The van der Waals surface area contributed by atoms with Gasteiger partial charge in [0.25, 0.3) is 0 Å². The molecule has 0 spiro atoms. The van der Waals surface area contributed by atoms with Crippen molar-refractivity contribution in [3.63, 3.8) is 0 Å². The normalized spacial score (nSPS) is 12.6. The minimum Gasteiger partial charge on any atom is -0.371 e. The van der Waals surface area contributed by atoms with Crippen molar-refractivity contribution in [3.8, 4) is 0 Å². The van der Waals surface area contributed by atoms with E-state index in [9.17, 15) is 4.79 Å². The molecule has 1 atom stereocenters. The molecule has 0 aliphatic carbocycles. The third-order valence-electron chi connectivity index (χ3n) is 2.96. The molecule has 0 N–H and O–H groups in total. The van der Waals surface area contributed by atoms with E-state index in [-0.39, 0.29) is 0 Å². The molecule has 0 radical (unpaired) electrons. The van der Waals surface area contributed by atoms with Crippen molar-refractivity contribution in [2.45, 2.75) is 33.2 Å². The third-order valence-corrected chi connectivity index (χ3v) is 3.60. The maximum absolute atomic E-state index is 10.7. The SMILES string of the molecule is CC(C)CC(C)N(C)c1ccc(C=O)cc1Br. The van der Waals surface area contributed by atoms with E-state index in [0.717, 1.165) is 22.9 Å². The summed E-state index contributed by atoms with van der Waals surface area (Å²) < 4.78 is 0.972. The van der Waals surface area contributed by atoms with Gasteiger partial charge in [-0.1, -0.05) is 13.8 Å². The summed E-state index contributed by atoms with van der Waals surface area (Å²) in [6.07, 6.45) is 2.02. The van der Waals surface area contributed by atoms with Crippen LogP contribution in [0.2, 0.25) is 0 Å². The summed E-state index contributed by atoms with van der Waals surface area (Å²) in [5.41, 5.74) is 1.83. The van der Waals surface area contributed by atoms with E-state index in [1.807, 2.05) is 18.2 Å². The van der Waals surface area contributed by atoms with Gasteiger partial charge in [0, 0.05) is 23.1 Å². The molecular formula is C14H20BrNO. The van der Waals surface area contributed by atoms with Crippen LogP contribution in [0.25, 0.3) is 0 Å². The third kappa shape index (κ3) is 3.84. The largest absolute Gasteiger partial charge is 0.371 e. The molecule has 2 nitrogen and oxygen atoms in total. The predicted molar refractivity (Wildman–Crippen MR) is 76.8 cm³/mol. The average molecular weight is 298 g/mol. The fraction of sp³-hybridized carbons (Fsp3) is 0.500. The molecule has 94 valence electrons. The van der Waals surface area contributed by atoms with Gasteiger partial charge in [0.05, 0.1) is 5.69 Å². The Balaban J connectivity index is 2.88. The summed E-state index contributed by atoms with van der Waals surface area (Å²) in [6.45, 7) is 6.68. The van der Waals surface area contributed by atoms with Crippen LogP contribution in [0.15, 0.2) is 22.7 Å². The highest BCUT2D eigenvalue weighted by Gasteiger charge is 2.14. The van der Waals surface area contributed by atoms with E-state index in [2.05, 4.69) is 48.6 Å². The van der Waals surface area contributed by atoms with Crippen LogP contribution in [-0.2, 0) is 0 Å². The Hall–Kier alpha value is -0.830. The highest BCUT2D eigenvalue weighted by atomic mass is 79.9. The summed E-state index contributed by atoms with van der Waals surface area (Å²) >= 11 is 3.52. The Bertz CT molecular complexity index is 390. The van der Waals surface area contributed by atoms with Crippen LogP contribution >= 0.6 is 15.9 Å². The van der Waals surface area contributed by atoms with Gasteiger partial charge in [-0.25, -0.2) is 0 Å². The number of rotatable bonds is 5. The van der Waals surface area contributed by atoms with Crippen molar-refractivity contribution < 1.29 is 4.79 Å². The topological polar surface area (TPSA) is 20.3 Å². The van der Waals surface area contributed by atoms with Crippen LogP contribution in [0.3, 0.4) is 0 Å². The first kappa shape index (κ1) is 14.2. The van der Waals surface area contributed by atoms with Gasteiger partial charge >= 0.3 is 0 Å². The van der Waals surface area contributed by atoms with Gasteiger partial charge in [-0.15, -0.1) is 0 Å². The molecule has 3 heteroatoms. The van der Waals surface area contributed by atoms with Crippen LogP contribution in [0.1, 0.15) is 37.6 Å². The molecule has 1 rings (SSSR count). The molecule has 0 amide bonds.